The molecule has 0 bridgehead atoms. The van der Waals surface area contributed by atoms with E-state index in [1.165, 1.54) is 5.56 Å². The second-order valence-electron chi connectivity index (χ2n) is 6.33. The lowest BCUT2D eigenvalue weighted by Gasteiger charge is -2.20. The number of hydrogen-bond donors (Lipinski definition) is 0. The summed E-state index contributed by atoms with van der Waals surface area (Å²) in [5, 5.41) is 0. The minimum absolute atomic E-state index is 0.640. The zero-order chi connectivity index (χ0) is 17.3. The van der Waals surface area contributed by atoms with E-state index in [-0.39, 0.29) is 0 Å². The number of benzene rings is 2. The number of nitrogens with zero attached hydrogens (tertiary/aromatic N) is 5. The van der Waals surface area contributed by atoms with Crippen molar-refractivity contribution in [2.24, 2.45) is 9.98 Å². The quantitative estimate of drug-likeness (QED) is 0.730. The Hall–Kier alpha value is -3.47. The topological polar surface area (TPSA) is 45.8 Å². The molecule has 0 unspecified atom stereocenters. The molecule has 0 N–H and O–H groups in total. The van der Waals surface area contributed by atoms with Gasteiger partial charge < -0.3 is 4.57 Å². The van der Waals surface area contributed by atoms with E-state index >= 15 is 0 Å². The Morgan fingerprint density at radius 2 is 1.73 bits per heavy atom. The average molecular weight is 339 g/mol. The van der Waals surface area contributed by atoms with Crippen molar-refractivity contribution in [3.8, 4) is 0 Å². The van der Waals surface area contributed by atoms with Crippen LogP contribution in [-0.2, 0) is 6.54 Å². The molecule has 2 aliphatic heterocycles. The number of aliphatic imine (C=N–C) groups is 2. The first-order valence-corrected chi connectivity index (χ1v) is 8.61. The standard InChI is InChI=1S/C21H17N5/c1-3-7-16(8-4-1)11-18-12-22-21-19-20(24-15-26(18)21)25(14-23-19)13-17-9-5-2-6-10-17/h1-11,14-15H,12-13H2/b18-11-. The molecule has 126 valence electrons. The summed E-state index contributed by atoms with van der Waals surface area (Å²) in [6.07, 6.45) is 5.85. The van der Waals surface area contributed by atoms with E-state index in [0.717, 1.165) is 35.2 Å². The summed E-state index contributed by atoms with van der Waals surface area (Å²) in [6, 6.07) is 20.6. The summed E-state index contributed by atoms with van der Waals surface area (Å²) in [7, 11) is 0. The summed E-state index contributed by atoms with van der Waals surface area (Å²) < 4.78 is 2.07. The number of hydrogen-bond acceptors (Lipinski definition) is 4. The van der Waals surface area contributed by atoms with Crippen molar-refractivity contribution in [1.82, 2.24) is 14.5 Å². The van der Waals surface area contributed by atoms with E-state index in [9.17, 15) is 0 Å². The van der Waals surface area contributed by atoms with Crippen LogP contribution < -0.4 is 0 Å². The molecular weight excluding hydrogens is 322 g/mol. The molecule has 5 rings (SSSR count). The SMILES string of the molecule is C1=Nc2c(ncn2Cc2ccccc2)C2=NC/C(=C/c3ccccc3)N12. The molecule has 2 aliphatic rings. The molecule has 26 heavy (non-hydrogen) atoms. The van der Waals surface area contributed by atoms with Crippen molar-refractivity contribution in [3.63, 3.8) is 0 Å². The highest BCUT2D eigenvalue weighted by atomic mass is 15.3. The third-order valence-electron chi connectivity index (χ3n) is 4.57. The highest BCUT2D eigenvalue weighted by Crippen LogP contribution is 2.30. The predicted octanol–water partition coefficient (Wildman–Crippen LogP) is 3.71. The molecule has 0 amide bonds. The lowest BCUT2D eigenvalue weighted by atomic mass is 10.2. The lowest BCUT2D eigenvalue weighted by Crippen LogP contribution is -2.28. The van der Waals surface area contributed by atoms with E-state index in [2.05, 4.69) is 44.9 Å². The largest absolute Gasteiger partial charge is 0.311 e. The Balaban J connectivity index is 1.45. The van der Waals surface area contributed by atoms with Crippen LogP contribution in [0.15, 0.2) is 82.7 Å². The molecule has 0 aliphatic carbocycles. The van der Waals surface area contributed by atoms with Gasteiger partial charge in [0.2, 0.25) is 0 Å². The van der Waals surface area contributed by atoms with E-state index in [4.69, 9.17) is 4.99 Å². The maximum atomic E-state index is 4.70. The van der Waals surface area contributed by atoms with Crippen molar-refractivity contribution >= 4 is 24.1 Å². The van der Waals surface area contributed by atoms with Crippen LogP contribution in [0.25, 0.3) is 6.08 Å². The van der Waals surface area contributed by atoms with E-state index in [1.807, 2.05) is 54.0 Å². The van der Waals surface area contributed by atoms with Gasteiger partial charge in [-0.3, -0.25) is 9.89 Å². The minimum atomic E-state index is 0.640. The monoisotopic (exact) mass is 339 g/mol. The fraction of sp³-hybridized carbons (Fsp3) is 0.0952. The Morgan fingerprint density at radius 1 is 0.962 bits per heavy atom. The van der Waals surface area contributed by atoms with Crippen LogP contribution in [0.3, 0.4) is 0 Å². The first-order valence-electron chi connectivity index (χ1n) is 8.61. The van der Waals surface area contributed by atoms with Crippen molar-refractivity contribution in [3.05, 3.63) is 89.5 Å². The first-order chi connectivity index (χ1) is 12.9. The Bertz CT molecular complexity index is 1030. The molecule has 1 aromatic heterocycles. The molecule has 0 fully saturated rings. The van der Waals surface area contributed by atoms with Gasteiger partial charge in [0.15, 0.2) is 17.3 Å². The molecule has 5 nitrogen and oxygen atoms in total. The second-order valence-corrected chi connectivity index (χ2v) is 6.33. The van der Waals surface area contributed by atoms with Gasteiger partial charge in [0.25, 0.3) is 0 Å². The molecule has 2 aromatic carbocycles. The minimum Gasteiger partial charge on any atom is -0.311 e. The molecule has 0 spiro atoms. The molecule has 5 heteroatoms. The number of imidazole rings is 1. The van der Waals surface area contributed by atoms with Crippen molar-refractivity contribution < 1.29 is 0 Å². The van der Waals surface area contributed by atoms with Crippen molar-refractivity contribution in [2.45, 2.75) is 6.54 Å². The summed E-state index contributed by atoms with van der Waals surface area (Å²) in [5.74, 6) is 1.74. The van der Waals surface area contributed by atoms with Crippen LogP contribution in [0.2, 0.25) is 0 Å². The van der Waals surface area contributed by atoms with Crippen LogP contribution in [-0.4, -0.2) is 33.2 Å². The van der Waals surface area contributed by atoms with Crippen LogP contribution in [0, 0.1) is 0 Å². The summed E-state index contributed by atoms with van der Waals surface area (Å²) in [6.45, 7) is 1.39. The fourth-order valence-electron chi connectivity index (χ4n) is 3.30. The van der Waals surface area contributed by atoms with Gasteiger partial charge in [0.1, 0.15) is 6.34 Å². The molecular formula is C21H17N5. The maximum Gasteiger partial charge on any atom is 0.165 e. The molecule has 0 radical (unpaired) electrons. The van der Waals surface area contributed by atoms with E-state index in [1.54, 1.807) is 0 Å². The van der Waals surface area contributed by atoms with Gasteiger partial charge in [-0.1, -0.05) is 60.7 Å². The molecule has 0 saturated heterocycles. The first kappa shape index (κ1) is 14.8. The Kier molecular flexibility index (Phi) is 3.49. The number of amidine groups is 1. The Labute approximate surface area is 151 Å². The zero-order valence-electron chi connectivity index (χ0n) is 14.2. The van der Waals surface area contributed by atoms with E-state index in [0.29, 0.717) is 6.54 Å². The lowest BCUT2D eigenvalue weighted by molar-refractivity contribution is 0.776. The molecule has 3 heterocycles. The van der Waals surface area contributed by atoms with Crippen molar-refractivity contribution in [2.75, 3.05) is 6.54 Å². The van der Waals surface area contributed by atoms with Gasteiger partial charge in [-0.25, -0.2) is 9.98 Å². The molecule has 0 saturated carbocycles. The van der Waals surface area contributed by atoms with Gasteiger partial charge >= 0.3 is 0 Å². The highest BCUT2D eigenvalue weighted by molar-refractivity contribution is 6.11. The normalized spacial score (nSPS) is 16.5. The van der Waals surface area contributed by atoms with Crippen molar-refractivity contribution in [1.29, 1.82) is 0 Å². The predicted molar refractivity (Wildman–Crippen MR) is 104 cm³/mol. The van der Waals surface area contributed by atoms with Gasteiger partial charge in [-0.15, -0.1) is 0 Å². The third-order valence-corrected chi connectivity index (χ3v) is 4.57. The number of aromatic nitrogens is 2. The fourth-order valence-corrected chi connectivity index (χ4v) is 3.30. The van der Waals surface area contributed by atoms with Gasteiger partial charge in [-0.2, -0.15) is 0 Å². The summed E-state index contributed by atoms with van der Waals surface area (Å²) in [5.41, 5.74) is 4.34. The third kappa shape index (κ3) is 2.54. The maximum absolute atomic E-state index is 4.70. The smallest absolute Gasteiger partial charge is 0.165 e. The molecule has 0 atom stereocenters. The van der Waals surface area contributed by atoms with E-state index < -0.39 is 0 Å². The zero-order valence-corrected chi connectivity index (χ0v) is 14.2. The highest BCUT2D eigenvalue weighted by Gasteiger charge is 2.30. The van der Waals surface area contributed by atoms with Crippen LogP contribution in [0.4, 0.5) is 5.82 Å². The van der Waals surface area contributed by atoms with Gasteiger partial charge in [0, 0.05) is 5.70 Å². The van der Waals surface area contributed by atoms with Crippen LogP contribution in [0.5, 0.6) is 0 Å². The number of rotatable bonds is 3. The summed E-state index contributed by atoms with van der Waals surface area (Å²) >= 11 is 0. The Morgan fingerprint density at radius 3 is 2.54 bits per heavy atom. The average Bonchev–Trinajstić information content (AvgIpc) is 3.28. The van der Waals surface area contributed by atoms with Crippen LogP contribution in [0.1, 0.15) is 16.8 Å². The van der Waals surface area contributed by atoms with Crippen LogP contribution >= 0.6 is 0 Å². The van der Waals surface area contributed by atoms with Gasteiger partial charge in [-0.05, 0) is 17.2 Å². The number of fused-ring (bicyclic) bond motifs is 3. The summed E-state index contributed by atoms with van der Waals surface area (Å²) in [4.78, 5) is 16.0. The second kappa shape index (κ2) is 6.11. The molecule has 3 aromatic rings. The van der Waals surface area contributed by atoms with Gasteiger partial charge in [0.05, 0.1) is 19.4 Å².